The van der Waals surface area contributed by atoms with E-state index in [0.29, 0.717) is 5.92 Å². The number of hydrogen-bond donors (Lipinski definition) is 0. The summed E-state index contributed by atoms with van der Waals surface area (Å²) in [4.78, 5) is 2.55. The van der Waals surface area contributed by atoms with Gasteiger partial charge in [-0.15, -0.1) is 0 Å². The highest BCUT2D eigenvalue weighted by Gasteiger charge is 2.28. The van der Waals surface area contributed by atoms with Crippen LogP contribution in [0.15, 0.2) is 199 Å². The van der Waals surface area contributed by atoms with Crippen LogP contribution in [0.2, 0.25) is 0 Å². The fourth-order valence-corrected chi connectivity index (χ4v) is 9.78. The van der Waals surface area contributed by atoms with Crippen LogP contribution in [0.1, 0.15) is 43.6 Å². The Labute approximate surface area is 339 Å². The first-order chi connectivity index (χ1) is 28.8. The molecule has 0 N–H and O–H groups in total. The van der Waals surface area contributed by atoms with E-state index in [9.17, 15) is 0 Å². The highest BCUT2D eigenvalue weighted by molar-refractivity contribution is 6.14. The van der Waals surface area contributed by atoms with E-state index in [1.165, 1.54) is 81.5 Å². The topological polar surface area (TPSA) is 16.4 Å². The Bertz CT molecular complexity index is 3040. The number of anilines is 3. The monoisotopic (exact) mass is 745 g/mol. The average molecular weight is 746 g/mol. The Kier molecular flexibility index (Phi) is 8.62. The van der Waals surface area contributed by atoms with Gasteiger partial charge in [0, 0.05) is 39.2 Å². The number of rotatable bonds is 7. The highest BCUT2D eigenvalue weighted by Crippen LogP contribution is 2.53. The van der Waals surface area contributed by atoms with Crippen LogP contribution in [0.3, 0.4) is 0 Å². The van der Waals surface area contributed by atoms with E-state index in [2.05, 4.69) is 199 Å². The number of fused-ring (bicyclic) bond motifs is 5. The zero-order chi connectivity index (χ0) is 38.4. The molecule has 11 rings (SSSR count). The predicted octanol–water partition coefficient (Wildman–Crippen LogP) is 16.4. The minimum absolute atomic E-state index is 0.512. The fraction of sp³-hybridized carbons (Fsp3) is 0.107. The summed E-state index contributed by atoms with van der Waals surface area (Å²) in [7, 11) is 0. The third-order valence-corrected chi connectivity index (χ3v) is 12.5. The second-order valence-electron chi connectivity index (χ2n) is 15.8. The molecule has 1 aromatic heterocycles. The van der Waals surface area contributed by atoms with Crippen molar-refractivity contribution in [3.8, 4) is 33.4 Å². The number of para-hydroxylation sites is 2. The lowest BCUT2D eigenvalue weighted by atomic mass is 9.79. The molecule has 1 aliphatic rings. The normalized spacial score (nSPS) is 13.4. The summed E-state index contributed by atoms with van der Waals surface area (Å²) in [6, 6.07) is 71.2. The van der Waals surface area contributed by atoms with Crippen molar-refractivity contribution in [2.75, 3.05) is 4.90 Å². The molecule has 0 amide bonds. The molecular weight excluding hydrogens is 703 g/mol. The van der Waals surface area contributed by atoms with Crippen LogP contribution in [-0.4, -0.2) is 0 Å². The fourth-order valence-electron chi connectivity index (χ4n) is 9.78. The second-order valence-corrected chi connectivity index (χ2v) is 15.8. The first kappa shape index (κ1) is 34.4. The Balaban J connectivity index is 1.31. The summed E-state index contributed by atoms with van der Waals surface area (Å²) in [6.07, 6.45) is 6.32. The zero-order valence-electron chi connectivity index (χ0n) is 32.4. The van der Waals surface area contributed by atoms with Crippen molar-refractivity contribution in [3.05, 3.63) is 200 Å². The molecule has 0 bridgehead atoms. The van der Waals surface area contributed by atoms with E-state index in [-0.39, 0.29) is 0 Å². The first-order valence-electron chi connectivity index (χ1n) is 20.8. The largest absolute Gasteiger partial charge is 0.456 e. The smallest absolute Gasteiger partial charge is 0.137 e. The Morgan fingerprint density at radius 2 is 1.03 bits per heavy atom. The Hall–Kier alpha value is -6.90. The van der Waals surface area contributed by atoms with Gasteiger partial charge in [-0.25, -0.2) is 0 Å². The summed E-state index contributed by atoms with van der Waals surface area (Å²) in [5.41, 5.74) is 13.7. The van der Waals surface area contributed by atoms with Crippen LogP contribution < -0.4 is 4.90 Å². The maximum Gasteiger partial charge on any atom is 0.137 e. The number of furan rings is 1. The lowest BCUT2D eigenvalue weighted by Gasteiger charge is -2.33. The number of hydrogen-bond acceptors (Lipinski definition) is 2. The quantitative estimate of drug-likeness (QED) is 0.162. The lowest BCUT2D eigenvalue weighted by Crippen LogP contribution is -2.15. The van der Waals surface area contributed by atoms with Gasteiger partial charge < -0.3 is 9.32 Å². The molecule has 0 saturated heterocycles. The number of nitrogens with zero attached hydrogens (tertiary/aromatic N) is 1. The molecule has 1 heterocycles. The second kappa shape index (κ2) is 14.6. The first-order valence-corrected chi connectivity index (χ1v) is 20.8. The van der Waals surface area contributed by atoms with Crippen molar-refractivity contribution in [1.29, 1.82) is 0 Å². The summed E-state index contributed by atoms with van der Waals surface area (Å²) in [5.74, 6) is 0.512. The summed E-state index contributed by atoms with van der Waals surface area (Å²) in [6.45, 7) is 0. The summed E-state index contributed by atoms with van der Waals surface area (Å²) >= 11 is 0. The van der Waals surface area contributed by atoms with Crippen molar-refractivity contribution in [1.82, 2.24) is 0 Å². The third-order valence-electron chi connectivity index (χ3n) is 12.5. The molecule has 9 aromatic carbocycles. The lowest BCUT2D eigenvalue weighted by molar-refractivity contribution is 0.445. The molecule has 2 nitrogen and oxygen atoms in total. The standard InChI is InChI=1S/C56H43NO/c1-4-17-39(18-5-1)45-28-15-25-42-33-36-51(55(54(42)45)50-31-14-24-38-23-10-11-26-44(38)50)57(43-34-35-49-48-27-12-13-32-52(48)58-53(49)37-43)56-46(40-19-6-2-7-20-40)29-16-30-47(56)41-21-8-3-9-22-41/h2-3,6-16,19-37,39H,1,4-5,17-18H2. The zero-order valence-corrected chi connectivity index (χ0v) is 32.4. The van der Waals surface area contributed by atoms with Gasteiger partial charge in [0.1, 0.15) is 11.2 Å². The molecule has 1 aliphatic carbocycles. The van der Waals surface area contributed by atoms with Crippen molar-refractivity contribution in [3.63, 3.8) is 0 Å². The summed E-state index contributed by atoms with van der Waals surface area (Å²) < 4.78 is 6.66. The van der Waals surface area contributed by atoms with Gasteiger partial charge in [0.05, 0.1) is 11.4 Å². The molecule has 0 unspecified atom stereocenters. The van der Waals surface area contributed by atoms with Crippen molar-refractivity contribution in [2.24, 2.45) is 0 Å². The number of benzene rings is 9. The third kappa shape index (κ3) is 5.87. The minimum atomic E-state index is 0.512. The molecule has 0 atom stereocenters. The molecule has 0 aliphatic heterocycles. The molecule has 1 fully saturated rings. The van der Waals surface area contributed by atoms with Crippen LogP contribution in [0.4, 0.5) is 17.1 Å². The van der Waals surface area contributed by atoms with E-state index in [0.717, 1.165) is 50.1 Å². The van der Waals surface area contributed by atoms with Gasteiger partial charge in [0.25, 0.3) is 0 Å². The molecule has 58 heavy (non-hydrogen) atoms. The van der Waals surface area contributed by atoms with Crippen LogP contribution in [0.5, 0.6) is 0 Å². The van der Waals surface area contributed by atoms with E-state index < -0.39 is 0 Å². The molecular formula is C56H43NO. The molecule has 2 heteroatoms. The van der Waals surface area contributed by atoms with Gasteiger partial charge in [0.15, 0.2) is 0 Å². The molecule has 0 spiro atoms. The maximum atomic E-state index is 6.66. The van der Waals surface area contributed by atoms with Crippen molar-refractivity contribution in [2.45, 2.75) is 38.0 Å². The SMILES string of the molecule is c1ccc(-c2cccc(-c3ccccc3)c2N(c2ccc3c(c2)oc2ccccc23)c2ccc3cccc(C4CCCCC4)c3c2-c2cccc3ccccc23)cc1. The van der Waals surface area contributed by atoms with Gasteiger partial charge in [0.2, 0.25) is 0 Å². The molecule has 1 saturated carbocycles. The van der Waals surface area contributed by atoms with Gasteiger partial charge in [-0.3, -0.25) is 0 Å². The van der Waals surface area contributed by atoms with E-state index in [4.69, 9.17) is 4.42 Å². The van der Waals surface area contributed by atoms with Crippen molar-refractivity contribution >= 4 is 60.5 Å². The van der Waals surface area contributed by atoms with E-state index in [1.54, 1.807) is 0 Å². The van der Waals surface area contributed by atoms with Crippen LogP contribution in [0, 0.1) is 0 Å². The molecule has 10 aromatic rings. The Morgan fingerprint density at radius 1 is 0.431 bits per heavy atom. The van der Waals surface area contributed by atoms with Crippen molar-refractivity contribution < 1.29 is 4.42 Å². The van der Waals surface area contributed by atoms with Crippen LogP contribution in [-0.2, 0) is 0 Å². The van der Waals surface area contributed by atoms with Crippen LogP contribution in [0.25, 0.3) is 76.9 Å². The van der Waals surface area contributed by atoms with E-state index in [1.807, 2.05) is 0 Å². The highest BCUT2D eigenvalue weighted by atomic mass is 16.3. The minimum Gasteiger partial charge on any atom is -0.456 e. The average Bonchev–Trinajstić information content (AvgIpc) is 3.67. The molecule has 0 radical (unpaired) electrons. The predicted molar refractivity (Wildman–Crippen MR) is 246 cm³/mol. The molecule has 278 valence electrons. The van der Waals surface area contributed by atoms with Gasteiger partial charge in [-0.05, 0) is 86.8 Å². The van der Waals surface area contributed by atoms with Crippen LogP contribution >= 0.6 is 0 Å². The summed E-state index contributed by atoms with van der Waals surface area (Å²) in [5, 5.41) is 7.38. The van der Waals surface area contributed by atoms with Gasteiger partial charge >= 0.3 is 0 Å². The van der Waals surface area contributed by atoms with Gasteiger partial charge in [-0.1, -0.05) is 183 Å². The van der Waals surface area contributed by atoms with E-state index >= 15 is 0 Å². The Morgan fingerprint density at radius 3 is 1.81 bits per heavy atom. The van der Waals surface area contributed by atoms with Gasteiger partial charge in [-0.2, -0.15) is 0 Å². The maximum absolute atomic E-state index is 6.66.